The Bertz CT molecular complexity index is 364. The number of nitrogens with one attached hydrogen (secondary N) is 1. The van der Waals surface area contributed by atoms with Gasteiger partial charge in [0, 0.05) is 0 Å². The molecule has 14 heavy (non-hydrogen) atoms. The molecule has 0 spiro atoms. The van der Waals surface area contributed by atoms with Gasteiger partial charge in [-0.2, -0.15) is 0 Å². The standard InChI is InChI=1S/C8H14BN3O2/c1-7(2)8(3,4)14-9(13-7)6-5-10-12-11-6/h5H,1-4H3,(H,10,11,12)/i5D. The lowest BCUT2D eigenvalue weighted by atomic mass is 9.86. The van der Waals surface area contributed by atoms with Crippen molar-refractivity contribution in [1.82, 2.24) is 15.4 Å². The molecule has 1 saturated heterocycles. The molecule has 2 rings (SSSR count). The van der Waals surface area contributed by atoms with Gasteiger partial charge in [-0.1, -0.05) is 5.21 Å². The van der Waals surface area contributed by atoms with Crippen molar-refractivity contribution < 1.29 is 10.7 Å². The maximum atomic E-state index is 7.51. The molecule has 1 aromatic rings. The average molecular weight is 196 g/mol. The lowest BCUT2D eigenvalue weighted by Gasteiger charge is -2.32. The molecule has 1 aromatic heterocycles. The molecule has 0 atom stereocenters. The first kappa shape index (κ1) is 8.43. The fourth-order valence-electron chi connectivity index (χ4n) is 1.25. The van der Waals surface area contributed by atoms with E-state index in [0.717, 1.165) is 0 Å². The summed E-state index contributed by atoms with van der Waals surface area (Å²) in [6.45, 7) is 7.83. The van der Waals surface area contributed by atoms with Gasteiger partial charge < -0.3 is 9.31 Å². The monoisotopic (exact) mass is 196 g/mol. The maximum Gasteiger partial charge on any atom is 0.515 e. The summed E-state index contributed by atoms with van der Waals surface area (Å²) >= 11 is 0. The molecule has 76 valence electrons. The van der Waals surface area contributed by atoms with Crippen molar-refractivity contribution in [2.24, 2.45) is 0 Å². The first-order valence-electron chi connectivity index (χ1n) is 5.07. The molecular weight excluding hydrogens is 181 g/mol. The number of nitrogens with zero attached hydrogens (tertiary/aromatic N) is 2. The molecule has 0 unspecified atom stereocenters. The molecule has 1 aliphatic rings. The van der Waals surface area contributed by atoms with Crippen LogP contribution in [-0.2, 0) is 9.31 Å². The zero-order valence-electron chi connectivity index (χ0n) is 9.79. The second-order valence-electron chi connectivity index (χ2n) is 4.43. The molecule has 1 N–H and O–H groups in total. The molecular formula is C8H14BN3O2. The van der Waals surface area contributed by atoms with Gasteiger partial charge >= 0.3 is 7.12 Å². The van der Waals surface area contributed by atoms with E-state index < -0.39 is 18.3 Å². The normalized spacial score (nSPS) is 25.1. The van der Waals surface area contributed by atoms with Crippen LogP contribution < -0.4 is 5.59 Å². The molecule has 0 amide bonds. The highest BCUT2D eigenvalue weighted by atomic mass is 16.7. The van der Waals surface area contributed by atoms with Gasteiger partial charge in [0.15, 0.2) is 0 Å². The molecule has 0 saturated carbocycles. The van der Waals surface area contributed by atoms with E-state index in [1.54, 1.807) is 0 Å². The highest BCUT2D eigenvalue weighted by Crippen LogP contribution is 2.36. The third-order valence-electron chi connectivity index (χ3n) is 2.88. The second kappa shape index (κ2) is 2.81. The van der Waals surface area contributed by atoms with Crippen LogP contribution in [0.1, 0.15) is 29.1 Å². The van der Waals surface area contributed by atoms with Crippen LogP contribution in [0.4, 0.5) is 0 Å². The Morgan fingerprint density at radius 2 is 1.93 bits per heavy atom. The van der Waals surface area contributed by atoms with Crippen molar-refractivity contribution in [3.63, 3.8) is 0 Å². The topological polar surface area (TPSA) is 60.0 Å². The van der Waals surface area contributed by atoms with Crippen molar-refractivity contribution in [2.45, 2.75) is 38.9 Å². The van der Waals surface area contributed by atoms with E-state index in [0.29, 0.717) is 5.59 Å². The average Bonchev–Trinajstić information content (AvgIpc) is 2.55. The van der Waals surface area contributed by atoms with Gasteiger partial charge in [-0.25, -0.2) is 0 Å². The van der Waals surface area contributed by atoms with Crippen molar-refractivity contribution in [3.05, 3.63) is 6.17 Å². The van der Waals surface area contributed by atoms with Gasteiger partial charge in [-0.05, 0) is 27.7 Å². The number of rotatable bonds is 1. The maximum absolute atomic E-state index is 7.51. The summed E-state index contributed by atoms with van der Waals surface area (Å²) in [5.74, 6) is 0. The fourth-order valence-corrected chi connectivity index (χ4v) is 1.25. The zero-order chi connectivity index (χ0) is 11.3. The lowest BCUT2D eigenvalue weighted by molar-refractivity contribution is 0.00578. The Hall–Kier alpha value is -0.875. The Morgan fingerprint density at radius 1 is 1.36 bits per heavy atom. The predicted molar refractivity (Wildman–Crippen MR) is 52.1 cm³/mol. The third-order valence-corrected chi connectivity index (χ3v) is 2.88. The number of aromatic amines is 1. The summed E-state index contributed by atoms with van der Waals surface area (Å²) in [7, 11) is -0.586. The molecule has 1 aliphatic heterocycles. The van der Waals surface area contributed by atoms with E-state index in [1.165, 1.54) is 0 Å². The summed E-state index contributed by atoms with van der Waals surface area (Å²) in [6.07, 6.45) is 0.0634. The van der Waals surface area contributed by atoms with Crippen LogP contribution >= 0.6 is 0 Å². The predicted octanol–water partition coefficient (Wildman–Crippen LogP) is 0.104. The van der Waals surface area contributed by atoms with Crippen LogP contribution in [0.5, 0.6) is 0 Å². The van der Waals surface area contributed by atoms with Crippen LogP contribution in [0, 0.1) is 0 Å². The summed E-state index contributed by atoms with van der Waals surface area (Å²) in [4.78, 5) is 0. The Balaban J connectivity index is 2.27. The Labute approximate surface area is 84.7 Å². The molecule has 0 aromatic carbocycles. The quantitative estimate of drug-likeness (QED) is 0.647. The SMILES string of the molecule is [2H]c1nn[nH]c1B1OC(C)(C)C(C)(C)O1. The van der Waals surface area contributed by atoms with Crippen molar-refractivity contribution in [3.8, 4) is 0 Å². The van der Waals surface area contributed by atoms with E-state index >= 15 is 0 Å². The van der Waals surface area contributed by atoms with Gasteiger partial charge in [-0.3, -0.25) is 5.10 Å². The van der Waals surface area contributed by atoms with Crippen molar-refractivity contribution >= 4 is 12.7 Å². The van der Waals surface area contributed by atoms with Gasteiger partial charge in [0.1, 0.15) is 0 Å². The molecule has 0 bridgehead atoms. The Morgan fingerprint density at radius 3 is 2.36 bits per heavy atom. The number of hydrogen-bond donors (Lipinski definition) is 1. The second-order valence-corrected chi connectivity index (χ2v) is 4.43. The van der Waals surface area contributed by atoms with Crippen LogP contribution in [0.15, 0.2) is 6.17 Å². The smallest absolute Gasteiger partial charge is 0.398 e. The van der Waals surface area contributed by atoms with Gasteiger partial charge in [0.05, 0.1) is 24.3 Å². The van der Waals surface area contributed by atoms with E-state index in [-0.39, 0.29) is 6.17 Å². The van der Waals surface area contributed by atoms with Crippen molar-refractivity contribution in [2.75, 3.05) is 0 Å². The van der Waals surface area contributed by atoms with E-state index in [9.17, 15) is 0 Å². The molecule has 6 heteroatoms. The lowest BCUT2D eigenvalue weighted by Crippen LogP contribution is -2.41. The highest BCUT2D eigenvalue weighted by molar-refractivity contribution is 6.61. The molecule has 2 heterocycles. The van der Waals surface area contributed by atoms with Crippen LogP contribution in [0.25, 0.3) is 0 Å². The fraction of sp³-hybridized carbons (Fsp3) is 0.750. The van der Waals surface area contributed by atoms with Crippen LogP contribution in [0.3, 0.4) is 0 Å². The number of H-pyrrole nitrogens is 1. The van der Waals surface area contributed by atoms with Gasteiger partial charge in [0.25, 0.3) is 0 Å². The minimum Gasteiger partial charge on any atom is -0.398 e. The molecule has 0 radical (unpaired) electrons. The summed E-state index contributed by atoms with van der Waals surface area (Å²) in [6, 6.07) is 0. The minimum absolute atomic E-state index is 0.0634. The van der Waals surface area contributed by atoms with Gasteiger partial charge in [0.2, 0.25) is 0 Å². The number of hydrogen-bond acceptors (Lipinski definition) is 4. The summed E-state index contributed by atoms with van der Waals surface area (Å²) < 4.78 is 19.0. The largest absolute Gasteiger partial charge is 0.515 e. The molecule has 0 aliphatic carbocycles. The highest BCUT2D eigenvalue weighted by Gasteiger charge is 2.52. The minimum atomic E-state index is -0.586. The first-order chi connectivity index (χ1) is 6.83. The van der Waals surface area contributed by atoms with Crippen LogP contribution in [-0.4, -0.2) is 33.7 Å². The Kier molecular flexibility index (Phi) is 1.69. The van der Waals surface area contributed by atoms with Gasteiger partial charge in [-0.15, -0.1) is 5.10 Å². The zero-order valence-corrected chi connectivity index (χ0v) is 8.79. The molecule has 1 fully saturated rings. The summed E-state index contributed by atoms with van der Waals surface area (Å²) in [5, 5.41) is 9.72. The number of aromatic nitrogens is 3. The van der Waals surface area contributed by atoms with E-state index in [4.69, 9.17) is 10.7 Å². The van der Waals surface area contributed by atoms with E-state index in [1.807, 2.05) is 27.7 Å². The first-order valence-corrected chi connectivity index (χ1v) is 4.57. The van der Waals surface area contributed by atoms with Crippen molar-refractivity contribution in [1.29, 1.82) is 0 Å². The summed E-state index contributed by atoms with van der Waals surface area (Å²) in [5.41, 5.74) is -0.349. The van der Waals surface area contributed by atoms with Crippen LogP contribution in [0.2, 0.25) is 0 Å². The van der Waals surface area contributed by atoms with E-state index in [2.05, 4.69) is 15.4 Å². The molecule has 5 nitrogen and oxygen atoms in total. The third kappa shape index (κ3) is 1.34.